The summed E-state index contributed by atoms with van der Waals surface area (Å²) in [4.78, 5) is 2.42. The third kappa shape index (κ3) is 3.44. The molecule has 1 aromatic carbocycles. The fraction of sp³-hybridized carbons (Fsp3) is 0.571. The molecule has 4 heteroatoms. The van der Waals surface area contributed by atoms with Gasteiger partial charge >= 0.3 is 0 Å². The molecular formula is C14H20ClFN2. The molecule has 1 heterocycles. The van der Waals surface area contributed by atoms with Crippen LogP contribution in [0, 0.1) is 5.82 Å². The van der Waals surface area contributed by atoms with Crippen LogP contribution in [0.25, 0.3) is 0 Å². The maximum absolute atomic E-state index is 13.5. The Kier molecular flexibility index (Phi) is 4.98. The Bertz CT molecular complexity index is 371. The zero-order chi connectivity index (χ0) is 13.0. The molecule has 0 aliphatic carbocycles. The van der Waals surface area contributed by atoms with E-state index in [9.17, 15) is 4.39 Å². The summed E-state index contributed by atoms with van der Waals surface area (Å²) in [6.07, 6.45) is 2.13. The molecule has 2 rings (SSSR count). The van der Waals surface area contributed by atoms with E-state index in [-0.39, 0.29) is 11.9 Å². The van der Waals surface area contributed by atoms with Crippen molar-refractivity contribution in [3.63, 3.8) is 0 Å². The van der Waals surface area contributed by atoms with E-state index in [4.69, 9.17) is 11.6 Å². The molecule has 2 nitrogen and oxygen atoms in total. The molecule has 0 bridgehead atoms. The number of rotatable bonds is 4. The van der Waals surface area contributed by atoms with Gasteiger partial charge < -0.3 is 5.32 Å². The number of piperazine rings is 1. The first-order valence-corrected chi connectivity index (χ1v) is 6.99. The predicted molar refractivity (Wildman–Crippen MR) is 73.5 cm³/mol. The first-order valence-electron chi connectivity index (χ1n) is 6.61. The molecule has 1 aliphatic rings. The van der Waals surface area contributed by atoms with Crippen LogP contribution in [0.2, 0.25) is 5.02 Å². The summed E-state index contributed by atoms with van der Waals surface area (Å²) >= 11 is 5.96. The van der Waals surface area contributed by atoms with Crippen molar-refractivity contribution in [2.75, 3.05) is 26.2 Å². The Labute approximate surface area is 113 Å². The highest BCUT2D eigenvalue weighted by atomic mass is 35.5. The maximum atomic E-state index is 13.5. The summed E-state index contributed by atoms with van der Waals surface area (Å²) < 4.78 is 13.5. The predicted octanol–water partition coefficient (Wildman–Crippen LogP) is 3.23. The molecule has 0 radical (unpaired) electrons. The number of hydrogen-bond acceptors (Lipinski definition) is 2. The first-order chi connectivity index (χ1) is 8.70. The van der Waals surface area contributed by atoms with Crippen LogP contribution in [-0.2, 0) is 0 Å². The third-order valence-electron chi connectivity index (χ3n) is 3.42. The van der Waals surface area contributed by atoms with Crippen molar-refractivity contribution in [2.24, 2.45) is 0 Å². The Morgan fingerprint density at radius 2 is 2.06 bits per heavy atom. The highest BCUT2D eigenvalue weighted by Gasteiger charge is 2.22. The van der Waals surface area contributed by atoms with Crippen LogP contribution in [0.3, 0.4) is 0 Å². The Morgan fingerprint density at radius 3 is 2.67 bits per heavy atom. The number of halogens is 2. The molecule has 1 aromatic rings. The minimum atomic E-state index is -0.242. The van der Waals surface area contributed by atoms with Crippen molar-refractivity contribution < 1.29 is 4.39 Å². The molecule has 18 heavy (non-hydrogen) atoms. The van der Waals surface area contributed by atoms with Gasteiger partial charge in [-0.05, 0) is 30.2 Å². The van der Waals surface area contributed by atoms with Gasteiger partial charge in [-0.3, -0.25) is 4.90 Å². The SMILES string of the molecule is CCC[C@H](c1cc(F)cc(Cl)c1)N1CCNCC1. The molecule has 0 aromatic heterocycles. The summed E-state index contributed by atoms with van der Waals surface area (Å²) in [5, 5.41) is 3.83. The second kappa shape index (κ2) is 6.50. The van der Waals surface area contributed by atoms with Crippen molar-refractivity contribution in [1.82, 2.24) is 10.2 Å². The summed E-state index contributed by atoms with van der Waals surface area (Å²) in [5.41, 5.74) is 1.00. The normalized spacial score (nSPS) is 18.8. The van der Waals surface area contributed by atoms with Gasteiger partial charge in [-0.25, -0.2) is 4.39 Å². The van der Waals surface area contributed by atoms with Crippen LogP contribution >= 0.6 is 11.6 Å². The van der Waals surface area contributed by atoms with Crippen LogP contribution in [0.5, 0.6) is 0 Å². The average Bonchev–Trinajstić information content (AvgIpc) is 2.36. The third-order valence-corrected chi connectivity index (χ3v) is 3.64. The molecule has 0 saturated carbocycles. The quantitative estimate of drug-likeness (QED) is 0.904. The van der Waals surface area contributed by atoms with Crippen LogP contribution in [0.4, 0.5) is 4.39 Å². The average molecular weight is 271 g/mol. The number of benzene rings is 1. The molecule has 1 N–H and O–H groups in total. The van der Waals surface area contributed by atoms with Crippen LogP contribution in [-0.4, -0.2) is 31.1 Å². The van der Waals surface area contributed by atoms with E-state index in [1.165, 1.54) is 6.07 Å². The van der Waals surface area contributed by atoms with Gasteiger partial charge in [-0.1, -0.05) is 24.9 Å². The Balaban J connectivity index is 2.22. The second-order valence-electron chi connectivity index (χ2n) is 4.79. The molecule has 1 aliphatic heterocycles. The summed E-state index contributed by atoms with van der Waals surface area (Å²) in [6.45, 7) is 6.19. The zero-order valence-corrected chi connectivity index (χ0v) is 11.5. The zero-order valence-electron chi connectivity index (χ0n) is 10.8. The maximum Gasteiger partial charge on any atom is 0.125 e. The van der Waals surface area contributed by atoms with Crippen LogP contribution < -0.4 is 5.32 Å². The van der Waals surface area contributed by atoms with Gasteiger partial charge in [-0.2, -0.15) is 0 Å². The van der Waals surface area contributed by atoms with Crippen molar-refractivity contribution in [3.8, 4) is 0 Å². The van der Waals surface area contributed by atoms with Gasteiger partial charge in [0.05, 0.1) is 0 Å². The Hall–Kier alpha value is -0.640. The Morgan fingerprint density at radius 1 is 1.33 bits per heavy atom. The molecule has 0 unspecified atom stereocenters. The lowest BCUT2D eigenvalue weighted by atomic mass is 10.00. The van der Waals surface area contributed by atoms with Gasteiger partial charge in [0.1, 0.15) is 5.82 Å². The topological polar surface area (TPSA) is 15.3 Å². The van der Waals surface area contributed by atoms with E-state index in [0.717, 1.165) is 44.6 Å². The van der Waals surface area contributed by atoms with Crippen LogP contribution in [0.1, 0.15) is 31.4 Å². The number of nitrogens with zero attached hydrogens (tertiary/aromatic N) is 1. The molecule has 1 fully saturated rings. The molecular weight excluding hydrogens is 251 g/mol. The highest BCUT2D eigenvalue weighted by Crippen LogP contribution is 2.28. The lowest BCUT2D eigenvalue weighted by molar-refractivity contribution is 0.164. The van der Waals surface area contributed by atoms with E-state index in [0.29, 0.717) is 5.02 Å². The van der Waals surface area contributed by atoms with Crippen LogP contribution in [0.15, 0.2) is 18.2 Å². The largest absolute Gasteiger partial charge is 0.314 e. The molecule has 0 amide bonds. The first kappa shape index (κ1) is 13.8. The van der Waals surface area contributed by atoms with Gasteiger partial charge in [0, 0.05) is 37.2 Å². The van der Waals surface area contributed by atoms with Gasteiger partial charge in [0.25, 0.3) is 0 Å². The molecule has 1 atom stereocenters. The summed E-state index contributed by atoms with van der Waals surface area (Å²) in [5.74, 6) is -0.242. The molecule has 0 spiro atoms. The van der Waals surface area contributed by atoms with E-state index in [2.05, 4.69) is 17.1 Å². The van der Waals surface area contributed by atoms with Gasteiger partial charge in [-0.15, -0.1) is 0 Å². The highest BCUT2D eigenvalue weighted by molar-refractivity contribution is 6.30. The fourth-order valence-corrected chi connectivity index (χ4v) is 2.83. The lowest BCUT2D eigenvalue weighted by Crippen LogP contribution is -2.45. The van der Waals surface area contributed by atoms with Crippen molar-refractivity contribution in [3.05, 3.63) is 34.6 Å². The van der Waals surface area contributed by atoms with E-state index >= 15 is 0 Å². The monoisotopic (exact) mass is 270 g/mol. The lowest BCUT2D eigenvalue weighted by Gasteiger charge is -2.35. The van der Waals surface area contributed by atoms with E-state index in [1.807, 2.05) is 6.07 Å². The minimum absolute atomic E-state index is 0.242. The minimum Gasteiger partial charge on any atom is -0.314 e. The van der Waals surface area contributed by atoms with E-state index in [1.54, 1.807) is 6.07 Å². The smallest absolute Gasteiger partial charge is 0.125 e. The fourth-order valence-electron chi connectivity index (χ4n) is 2.59. The van der Waals surface area contributed by atoms with Crippen molar-refractivity contribution in [1.29, 1.82) is 0 Å². The summed E-state index contributed by atoms with van der Waals surface area (Å²) in [6, 6.07) is 5.16. The standard InChI is InChI=1S/C14H20ClFN2/c1-2-3-14(18-6-4-17-5-7-18)11-8-12(15)10-13(16)9-11/h8-10,14,17H,2-7H2,1H3/t14-/m1/s1. The second-order valence-corrected chi connectivity index (χ2v) is 5.23. The van der Waals surface area contributed by atoms with Crippen molar-refractivity contribution >= 4 is 11.6 Å². The van der Waals surface area contributed by atoms with Crippen molar-refractivity contribution in [2.45, 2.75) is 25.8 Å². The van der Waals surface area contributed by atoms with E-state index < -0.39 is 0 Å². The summed E-state index contributed by atoms with van der Waals surface area (Å²) in [7, 11) is 0. The number of hydrogen-bond donors (Lipinski definition) is 1. The molecule has 100 valence electrons. The van der Waals surface area contributed by atoms with Gasteiger partial charge in [0.2, 0.25) is 0 Å². The van der Waals surface area contributed by atoms with Gasteiger partial charge in [0.15, 0.2) is 0 Å². The molecule has 1 saturated heterocycles. The number of nitrogens with one attached hydrogen (secondary N) is 1.